The van der Waals surface area contributed by atoms with Crippen LogP contribution in [0.25, 0.3) is 0 Å². The molecule has 0 radical (unpaired) electrons. The first-order chi connectivity index (χ1) is 6.74. The van der Waals surface area contributed by atoms with Crippen molar-refractivity contribution in [3.63, 3.8) is 0 Å². The molecule has 0 aliphatic carbocycles. The van der Waals surface area contributed by atoms with Gasteiger partial charge in [-0.05, 0) is 19.3 Å². The normalized spacial score (nSPS) is 21.7. The van der Waals surface area contributed by atoms with Crippen LogP contribution in [0.4, 0.5) is 0 Å². The summed E-state index contributed by atoms with van der Waals surface area (Å²) >= 11 is 0. The zero-order valence-corrected chi connectivity index (χ0v) is 9.31. The molecule has 82 valence electrons. The minimum atomic E-state index is 0.167. The molecule has 0 aromatic heterocycles. The smallest absolute Gasteiger partial charge is 0.222 e. The maximum atomic E-state index is 11.4. The van der Waals surface area contributed by atoms with Crippen LogP contribution < -0.4 is 10.6 Å². The van der Waals surface area contributed by atoms with Crippen molar-refractivity contribution in [2.45, 2.75) is 45.6 Å². The number of carbonyl (C=O) groups is 1. The maximum Gasteiger partial charge on any atom is 0.222 e. The number of hydrogen-bond acceptors (Lipinski definition) is 2. The van der Waals surface area contributed by atoms with Gasteiger partial charge in [0.15, 0.2) is 0 Å². The minimum Gasteiger partial charge on any atom is -0.356 e. The molecule has 3 heteroatoms. The Labute approximate surface area is 86.6 Å². The van der Waals surface area contributed by atoms with Crippen LogP contribution in [-0.2, 0) is 4.79 Å². The van der Waals surface area contributed by atoms with Crippen molar-refractivity contribution in [3.8, 4) is 0 Å². The van der Waals surface area contributed by atoms with Crippen LogP contribution in [-0.4, -0.2) is 25.0 Å². The van der Waals surface area contributed by atoms with Crippen LogP contribution in [0.1, 0.15) is 39.5 Å². The van der Waals surface area contributed by atoms with Crippen LogP contribution in [0.3, 0.4) is 0 Å². The fourth-order valence-electron chi connectivity index (χ4n) is 1.37. The number of rotatable bonds is 7. The summed E-state index contributed by atoms with van der Waals surface area (Å²) in [5.41, 5.74) is 0. The predicted octanol–water partition coefficient (Wildman–Crippen LogP) is 1.29. The monoisotopic (exact) mass is 198 g/mol. The van der Waals surface area contributed by atoms with Crippen LogP contribution in [0, 0.1) is 5.92 Å². The highest BCUT2D eigenvalue weighted by Crippen LogP contribution is 2.07. The summed E-state index contributed by atoms with van der Waals surface area (Å²) in [6.45, 7) is 6.06. The average Bonchev–Trinajstić information content (AvgIpc) is 2.99. The fraction of sp³-hybridized carbons (Fsp3) is 0.909. The van der Waals surface area contributed by atoms with Crippen molar-refractivity contribution in [1.82, 2.24) is 10.6 Å². The number of amides is 1. The second-order valence-electron chi connectivity index (χ2n) is 4.20. The van der Waals surface area contributed by atoms with E-state index in [9.17, 15) is 4.79 Å². The van der Waals surface area contributed by atoms with E-state index in [1.54, 1.807) is 0 Å². The quantitative estimate of drug-likeness (QED) is 0.478. The van der Waals surface area contributed by atoms with E-state index in [4.69, 9.17) is 0 Å². The Balaban J connectivity index is 1.88. The van der Waals surface area contributed by atoms with Gasteiger partial charge in [0, 0.05) is 25.0 Å². The number of carbonyl (C=O) groups excluding carboxylic acids is 1. The molecule has 0 bridgehead atoms. The Hall–Kier alpha value is -0.570. The van der Waals surface area contributed by atoms with E-state index in [0.29, 0.717) is 0 Å². The van der Waals surface area contributed by atoms with Gasteiger partial charge >= 0.3 is 0 Å². The lowest BCUT2D eigenvalue weighted by atomic mass is 10.1. The number of nitrogens with one attached hydrogen (secondary N) is 2. The van der Waals surface area contributed by atoms with Gasteiger partial charge in [0.2, 0.25) is 5.91 Å². The van der Waals surface area contributed by atoms with Crippen molar-refractivity contribution in [1.29, 1.82) is 0 Å². The molecule has 0 spiro atoms. The largest absolute Gasteiger partial charge is 0.356 e. The first kappa shape index (κ1) is 11.5. The summed E-state index contributed by atoms with van der Waals surface area (Å²) in [5.74, 6) is 0.372. The molecule has 2 N–H and O–H groups in total. The molecule has 0 aromatic carbocycles. The summed E-state index contributed by atoms with van der Waals surface area (Å²) in [7, 11) is 0. The highest BCUT2D eigenvalue weighted by Gasteiger charge is 2.18. The van der Waals surface area contributed by atoms with E-state index in [-0.39, 0.29) is 11.8 Å². The van der Waals surface area contributed by atoms with Gasteiger partial charge in [-0.3, -0.25) is 4.79 Å². The summed E-state index contributed by atoms with van der Waals surface area (Å²) in [6, 6.07) is 0.778. The highest BCUT2D eigenvalue weighted by molar-refractivity contribution is 5.78. The second kappa shape index (κ2) is 6.02. The van der Waals surface area contributed by atoms with E-state index in [1.807, 2.05) is 13.8 Å². The standard InChI is InChI=1S/C11H22N2O/c1-3-9(2)11(14)12-7-5-4-6-10-8-13-10/h9-10,13H,3-8H2,1-2H3,(H,12,14). The molecule has 3 nitrogen and oxygen atoms in total. The molecule has 1 rings (SSSR count). The third-order valence-corrected chi connectivity index (χ3v) is 2.83. The highest BCUT2D eigenvalue weighted by atomic mass is 16.1. The lowest BCUT2D eigenvalue weighted by molar-refractivity contribution is -0.124. The van der Waals surface area contributed by atoms with Gasteiger partial charge in [0.05, 0.1) is 0 Å². The number of unbranched alkanes of at least 4 members (excludes halogenated alkanes) is 1. The third-order valence-electron chi connectivity index (χ3n) is 2.83. The summed E-state index contributed by atoms with van der Waals surface area (Å²) in [5, 5.41) is 6.24. The fourth-order valence-corrected chi connectivity index (χ4v) is 1.37. The molecular weight excluding hydrogens is 176 g/mol. The SMILES string of the molecule is CCC(C)C(=O)NCCCCC1CN1. The molecule has 2 atom stereocenters. The Morgan fingerprint density at radius 3 is 2.86 bits per heavy atom. The third kappa shape index (κ3) is 4.61. The second-order valence-corrected chi connectivity index (χ2v) is 4.20. The summed E-state index contributed by atoms with van der Waals surface area (Å²) in [6.07, 6.45) is 4.52. The Morgan fingerprint density at radius 2 is 2.29 bits per heavy atom. The van der Waals surface area contributed by atoms with Crippen molar-refractivity contribution in [2.24, 2.45) is 5.92 Å². The lowest BCUT2D eigenvalue weighted by Crippen LogP contribution is -2.29. The number of hydrogen-bond donors (Lipinski definition) is 2. The molecule has 1 aliphatic heterocycles. The van der Waals surface area contributed by atoms with Gasteiger partial charge in [-0.25, -0.2) is 0 Å². The van der Waals surface area contributed by atoms with Crippen LogP contribution in [0.5, 0.6) is 0 Å². The molecule has 2 unspecified atom stereocenters. The summed E-state index contributed by atoms with van der Waals surface area (Å²) in [4.78, 5) is 11.4. The average molecular weight is 198 g/mol. The Kier molecular flexibility index (Phi) is 4.94. The molecule has 1 heterocycles. The molecule has 14 heavy (non-hydrogen) atoms. The van der Waals surface area contributed by atoms with Crippen molar-refractivity contribution in [3.05, 3.63) is 0 Å². The van der Waals surface area contributed by atoms with Crippen molar-refractivity contribution in [2.75, 3.05) is 13.1 Å². The first-order valence-corrected chi connectivity index (χ1v) is 5.75. The molecule has 1 fully saturated rings. The van der Waals surface area contributed by atoms with Crippen molar-refractivity contribution >= 4 is 5.91 Å². The minimum absolute atomic E-state index is 0.167. The molecule has 1 aliphatic rings. The van der Waals surface area contributed by atoms with E-state index < -0.39 is 0 Å². The van der Waals surface area contributed by atoms with Crippen molar-refractivity contribution < 1.29 is 4.79 Å². The molecule has 1 amide bonds. The zero-order valence-electron chi connectivity index (χ0n) is 9.31. The summed E-state index contributed by atoms with van der Waals surface area (Å²) < 4.78 is 0. The zero-order chi connectivity index (χ0) is 10.4. The van der Waals surface area contributed by atoms with E-state index in [0.717, 1.165) is 25.4 Å². The lowest BCUT2D eigenvalue weighted by Gasteiger charge is -2.09. The molecule has 0 saturated carbocycles. The first-order valence-electron chi connectivity index (χ1n) is 5.75. The van der Waals surface area contributed by atoms with Crippen LogP contribution in [0.2, 0.25) is 0 Å². The predicted molar refractivity (Wildman–Crippen MR) is 58.1 cm³/mol. The van der Waals surface area contributed by atoms with Gasteiger partial charge in [-0.1, -0.05) is 20.3 Å². The van der Waals surface area contributed by atoms with Crippen LogP contribution >= 0.6 is 0 Å². The van der Waals surface area contributed by atoms with E-state index >= 15 is 0 Å². The van der Waals surface area contributed by atoms with Gasteiger partial charge in [-0.15, -0.1) is 0 Å². The maximum absolute atomic E-state index is 11.4. The van der Waals surface area contributed by atoms with Gasteiger partial charge in [0.1, 0.15) is 0 Å². The van der Waals surface area contributed by atoms with Crippen LogP contribution in [0.15, 0.2) is 0 Å². The van der Waals surface area contributed by atoms with Gasteiger partial charge < -0.3 is 10.6 Å². The van der Waals surface area contributed by atoms with E-state index in [1.165, 1.54) is 19.4 Å². The Morgan fingerprint density at radius 1 is 1.57 bits per heavy atom. The molecule has 0 aromatic rings. The molecular formula is C11H22N2O. The topological polar surface area (TPSA) is 51.0 Å². The Bertz CT molecular complexity index is 178. The van der Waals surface area contributed by atoms with E-state index in [2.05, 4.69) is 10.6 Å². The molecule has 1 saturated heterocycles. The van der Waals surface area contributed by atoms with Gasteiger partial charge in [0.25, 0.3) is 0 Å². The van der Waals surface area contributed by atoms with Gasteiger partial charge in [-0.2, -0.15) is 0 Å².